The van der Waals surface area contributed by atoms with Crippen molar-refractivity contribution in [1.82, 2.24) is 24.6 Å². The van der Waals surface area contributed by atoms with Crippen LogP contribution in [0.25, 0.3) is 5.65 Å². The number of fused-ring (bicyclic) bond motifs is 1. The Morgan fingerprint density at radius 2 is 2.04 bits per heavy atom. The SMILES string of the molecule is CCc1cc(N2CCC[C@@H](c3cc(=O)[nH]c(C)n3)C2)n2nc(C)c(C)c2n1. The first-order valence-corrected chi connectivity index (χ1v) is 9.65. The van der Waals surface area contributed by atoms with Crippen molar-refractivity contribution < 1.29 is 0 Å². The minimum absolute atomic E-state index is 0.0764. The van der Waals surface area contributed by atoms with Crippen molar-refractivity contribution in [2.45, 2.75) is 52.9 Å². The molecule has 3 aromatic heterocycles. The molecule has 1 aliphatic heterocycles. The lowest BCUT2D eigenvalue weighted by atomic mass is 9.94. The van der Waals surface area contributed by atoms with Gasteiger partial charge in [-0.3, -0.25) is 4.79 Å². The lowest BCUT2D eigenvalue weighted by Gasteiger charge is -2.34. The topological polar surface area (TPSA) is 79.2 Å². The second-order valence-corrected chi connectivity index (χ2v) is 7.45. The smallest absolute Gasteiger partial charge is 0.251 e. The molecule has 0 aliphatic carbocycles. The number of aromatic amines is 1. The molecule has 7 heteroatoms. The number of piperidine rings is 1. The summed E-state index contributed by atoms with van der Waals surface area (Å²) in [5, 5.41) is 4.73. The minimum Gasteiger partial charge on any atom is -0.356 e. The molecule has 0 aromatic carbocycles. The second-order valence-electron chi connectivity index (χ2n) is 7.45. The molecule has 7 nitrogen and oxygen atoms in total. The second kappa shape index (κ2) is 6.79. The predicted molar refractivity (Wildman–Crippen MR) is 106 cm³/mol. The van der Waals surface area contributed by atoms with Crippen molar-refractivity contribution >= 4 is 11.5 Å². The highest BCUT2D eigenvalue weighted by molar-refractivity contribution is 5.57. The average molecular weight is 366 g/mol. The first-order valence-electron chi connectivity index (χ1n) is 9.65. The standard InChI is InChI=1S/C20H26N6O/c1-5-16-9-19(26-20(23-16)12(2)13(3)24-26)25-8-6-7-15(11-25)17-10-18(27)22-14(4)21-17/h9-10,15H,5-8,11H2,1-4H3,(H,21,22,27)/t15-/m1/s1. The Hall–Kier alpha value is -2.70. The number of aryl methyl sites for hydroxylation is 4. The van der Waals surface area contributed by atoms with Gasteiger partial charge in [0.1, 0.15) is 11.6 Å². The molecule has 142 valence electrons. The number of hydrogen-bond donors (Lipinski definition) is 1. The maximum Gasteiger partial charge on any atom is 0.251 e. The van der Waals surface area contributed by atoms with E-state index in [1.165, 1.54) is 0 Å². The van der Waals surface area contributed by atoms with E-state index < -0.39 is 0 Å². The van der Waals surface area contributed by atoms with Crippen molar-refractivity contribution in [3.05, 3.63) is 51.0 Å². The van der Waals surface area contributed by atoms with E-state index in [2.05, 4.69) is 34.8 Å². The summed E-state index contributed by atoms with van der Waals surface area (Å²) in [6.45, 7) is 9.87. The molecule has 4 heterocycles. The molecule has 3 aromatic rings. The first-order chi connectivity index (χ1) is 13.0. The fourth-order valence-corrected chi connectivity index (χ4v) is 3.91. The van der Waals surface area contributed by atoms with E-state index in [4.69, 9.17) is 10.1 Å². The normalized spacial score (nSPS) is 17.6. The summed E-state index contributed by atoms with van der Waals surface area (Å²) in [7, 11) is 0. The van der Waals surface area contributed by atoms with Crippen LogP contribution in [0.5, 0.6) is 0 Å². The summed E-state index contributed by atoms with van der Waals surface area (Å²) in [5.74, 6) is 2.00. The molecule has 0 radical (unpaired) electrons. The minimum atomic E-state index is -0.0764. The molecule has 1 saturated heterocycles. The van der Waals surface area contributed by atoms with Gasteiger partial charge in [-0.1, -0.05) is 6.92 Å². The van der Waals surface area contributed by atoms with E-state index in [0.29, 0.717) is 5.82 Å². The van der Waals surface area contributed by atoms with Gasteiger partial charge < -0.3 is 9.88 Å². The van der Waals surface area contributed by atoms with E-state index in [0.717, 1.165) is 66.5 Å². The molecule has 0 saturated carbocycles. The molecule has 1 atom stereocenters. The number of hydrogen-bond acceptors (Lipinski definition) is 5. The largest absolute Gasteiger partial charge is 0.356 e. The summed E-state index contributed by atoms with van der Waals surface area (Å²) in [5.41, 5.74) is 4.97. The van der Waals surface area contributed by atoms with Crippen LogP contribution in [0.1, 0.15) is 54.2 Å². The number of nitrogens with zero attached hydrogens (tertiary/aromatic N) is 5. The highest BCUT2D eigenvalue weighted by Crippen LogP contribution is 2.30. The van der Waals surface area contributed by atoms with Crippen LogP contribution in [0, 0.1) is 20.8 Å². The lowest BCUT2D eigenvalue weighted by Crippen LogP contribution is -2.36. The Kier molecular flexibility index (Phi) is 4.45. The Balaban J connectivity index is 1.75. The maximum atomic E-state index is 11.9. The zero-order valence-corrected chi connectivity index (χ0v) is 16.4. The van der Waals surface area contributed by atoms with Crippen molar-refractivity contribution in [2.24, 2.45) is 0 Å². The molecule has 0 spiro atoms. The number of H-pyrrole nitrogens is 1. The summed E-state index contributed by atoms with van der Waals surface area (Å²) in [6, 6.07) is 3.79. The molecular formula is C20H26N6O. The van der Waals surface area contributed by atoms with Crippen molar-refractivity contribution in [1.29, 1.82) is 0 Å². The summed E-state index contributed by atoms with van der Waals surface area (Å²) in [6.07, 6.45) is 2.99. The molecule has 4 rings (SSSR count). The third-order valence-corrected chi connectivity index (χ3v) is 5.50. The number of aromatic nitrogens is 5. The van der Waals surface area contributed by atoms with Crippen LogP contribution in [0.4, 0.5) is 5.82 Å². The molecule has 1 N–H and O–H groups in total. The van der Waals surface area contributed by atoms with Crippen molar-refractivity contribution in [2.75, 3.05) is 18.0 Å². The van der Waals surface area contributed by atoms with E-state index in [-0.39, 0.29) is 11.5 Å². The first kappa shape index (κ1) is 17.7. The van der Waals surface area contributed by atoms with E-state index in [1.54, 1.807) is 6.07 Å². The average Bonchev–Trinajstić information content (AvgIpc) is 2.94. The summed E-state index contributed by atoms with van der Waals surface area (Å²) < 4.78 is 1.97. The lowest BCUT2D eigenvalue weighted by molar-refractivity contribution is 0.493. The molecule has 0 amide bonds. The van der Waals surface area contributed by atoms with E-state index >= 15 is 0 Å². The summed E-state index contributed by atoms with van der Waals surface area (Å²) >= 11 is 0. The third-order valence-electron chi connectivity index (χ3n) is 5.50. The molecule has 0 unspecified atom stereocenters. The van der Waals surface area contributed by atoms with Gasteiger partial charge in [0.25, 0.3) is 5.56 Å². The molecule has 1 aliphatic rings. The predicted octanol–water partition coefficient (Wildman–Crippen LogP) is 2.68. The van der Waals surface area contributed by atoms with Crippen LogP contribution >= 0.6 is 0 Å². The van der Waals surface area contributed by atoms with E-state index in [9.17, 15) is 4.79 Å². The van der Waals surface area contributed by atoms with Crippen LogP contribution in [-0.4, -0.2) is 37.7 Å². The van der Waals surface area contributed by atoms with Crippen LogP contribution in [-0.2, 0) is 6.42 Å². The van der Waals surface area contributed by atoms with Gasteiger partial charge in [0.2, 0.25) is 0 Å². The van der Waals surface area contributed by atoms with Gasteiger partial charge in [0.15, 0.2) is 5.65 Å². The Morgan fingerprint density at radius 3 is 2.78 bits per heavy atom. The Bertz CT molecular complexity index is 1050. The number of rotatable bonds is 3. The zero-order valence-electron chi connectivity index (χ0n) is 16.4. The van der Waals surface area contributed by atoms with Crippen LogP contribution in [0.2, 0.25) is 0 Å². The quantitative estimate of drug-likeness (QED) is 0.771. The van der Waals surface area contributed by atoms with Gasteiger partial charge in [-0.2, -0.15) is 9.61 Å². The Morgan fingerprint density at radius 1 is 1.22 bits per heavy atom. The molecule has 1 fully saturated rings. The van der Waals surface area contributed by atoms with E-state index in [1.807, 2.05) is 18.4 Å². The fourth-order valence-electron chi connectivity index (χ4n) is 3.91. The van der Waals surface area contributed by atoms with Gasteiger partial charge in [-0.05, 0) is 40.0 Å². The highest BCUT2D eigenvalue weighted by atomic mass is 16.1. The van der Waals surface area contributed by atoms with Gasteiger partial charge >= 0.3 is 0 Å². The monoisotopic (exact) mass is 366 g/mol. The number of anilines is 1. The van der Waals surface area contributed by atoms with Crippen LogP contribution < -0.4 is 10.5 Å². The summed E-state index contributed by atoms with van der Waals surface area (Å²) in [4.78, 5) is 26.3. The third kappa shape index (κ3) is 3.22. The van der Waals surface area contributed by atoms with Gasteiger partial charge in [0, 0.05) is 42.4 Å². The van der Waals surface area contributed by atoms with Crippen LogP contribution in [0.15, 0.2) is 16.9 Å². The van der Waals surface area contributed by atoms with Gasteiger partial charge in [-0.25, -0.2) is 9.97 Å². The molecular weight excluding hydrogens is 340 g/mol. The van der Waals surface area contributed by atoms with Crippen molar-refractivity contribution in [3.8, 4) is 0 Å². The fraction of sp³-hybridized carbons (Fsp3) is 0.500. The molecule has 27 heavy (non-hydrogen) atoms. The zero-order chi connectivity index (χ0) is 19.1. The molecule has 0 bridgehead atoms. The van der Waals surface area contributed by atoms with Gasteiger partial charge in [0.05, 0.1) is 11.4 Å². The highest BCUT2D eigenvalue weighted by Gasteiger charge is 2.26. The van der Waals surface area contributed by atoms with Crippen molar-refractivity contribution in [3.63, 3.8) is 0 Å². The van der Waals surface area contributed by atoms with Gasteiger partial charge in [-0.15, -0.1) is 0 Å². The maximum absolute atomic E-state index is 11.9. The Labute approximate surface area is 158 Å². The number of nitrogens with one attached hydrogen (secondary N) is 1. The van der Waals surface area contributed by atoms with Crippen LogP contribution in [0.3, 0.4) is 0 Å².